The number of benzene rings is 2. The van der Waals surface area contributed by atoms with E-state index in [2.05, 4.69) is 25.2 Å². The summed E-state index contributed by atoms with van der Waals surface area (Å²) in [7, 11) is 0. The molecule has 0 saturated heterocycles. The zero-order valence-electron chi connectivity index (χ0n) is 12.5. The van der Waals surface area contributed by atoms with Crippen molar-refractivity contribution in [1.29, 1.82) is 0 Å². The molecular weight excluding hydrogens is 246 g/mol. The van der Waals surface area contributed by atoms with Crippen LogP contribution in [0, 0.1) is 13.8 Å². The van der Waals surface area contributed by atoms with E-state index in [1.165, 1.54) is 5.56 Å². The van der Waals surface area contributed by atoms with Crippen molar-refractivity contribution in [3.05, 3.63) is 64.7 Å². The highest BCUT2D eigenvalue weighted by molar-refractivity contribution is 6.05. The maximum atomic E-state index is 12.4. The molecule has 0 bridgehead atoms. The minimum atomic E-state index is -0.0490. The predicted molar refractivity (Wildman–Crippen MR) is 84.4 cm³/mol. The predicted octanol–water partition coefficient (Wildman–Crippen LogP) is 4.68. The molecule has 0 saturated carbocycles. The highest BCUT2D eigenvalue weighted by atomic mass is 16.1. The zero-order chi connectivity index (χ0) is 14.7. The Kier molecular flexibility index (Phi) is 4.23. The first-order valence-electron chi connectivity index (χ1n) is 6.96. The molecule has 0 unspecified atom stereocenters. The molecule has 104 valence electrons. The van der Waals surface area contributed by atoms with Crippen molar-refractivity contribution < 1.29 is 4.79 Å². The topological polar surface area (TPSA) is 29.1 Å². The van der Waals surface area contributed by atoms with Crippen molar-refractivity contribution in [3.8, 4) is 0 Å². The van der Waals surface area contributed by atoms with Gasteiger partial charge in [-0.05, 0) is 49.1 Å². The van der Waals surface area contributed by atoms with Crippen LogP contribution in [0.3, 0.4) is 0 Å². The Morgan fingerprint density at radius 1 is 1.05 bits per heavy atom. The molecule has 0 heterocycles. The average Bonchev–Trinajstić information content (AvgIpc) is 2.41. The summed E-state index contributed by atoms with van der Waals surface area (Å²) in [5, 5.41) is 2.98. The second kappa shape index (κ2) is 5.91. The van der Waals surface area contributed by atoms with E-state index in [-0.39, 0.29) is 5.91 Å². The molecule has 2 nitrogen and oxygen atoms in total. The van der Waals surface area contributed by atoms with E-state index in [9.17, 15) is 4.79 Å². The van der Waals surface area contributed by atoms with Gasteiger partial charge in [-0.3, -0.25) is 4.79 Å². The van der Waals surface area contributed by atoms with Crippen LogP contribution < -0.4 is 5.32 Å². The number of carbonyl (C=O) groups is 1. The fourth-order valence-corrected chi connectivity index (χ4v) is 2.15. The summed E-state index contributed by atoms with van der Waals surface area (Å²) in [5.74, 6) is 0.402. The number of hydrogen-bond donors (Lipinski definition) is 1. The summed E-state index contributed by atoms with van der Waals surface area (Å²) < 4.78 is 0. The van der Waals surface area contributed by atoms with E-state index in [0.717, 1.165) is 22.4 Å². The molecule has 0 aliphatic carbocycles. The van der Waals surface area contributed by atoms with Crippen molar-refractivity contribution in [1.82, 2.24) is 0 Å². The van der Waals surface area contributed by atoms with Gasteiger partial charge >= 0.3 is 0 Å². The lowest BCUT2D eigenvalue weighted by molar-refractivity contribution is 0.102. The Hall–Kier alpha value is -2.09. The minimum Gasteiger partial charge on any atom is -0.322 e. The van der Waals surface area contributed by atoms with Gasteiger partial charge in [0.25, 0.3) is 5.91 Å². The SMILES string of the molecule is Cc1ccc(C)c(C(=O)Nc2cccc(C(C)C)c2)c1. The number of nitrogens with one attached hydrogen (secondary N) is 1. The lowest BCUT2D eigenvalue weighted by Gasteiger charge is -2.11. The van der Waals surface area contributed by atoms with Crippen molar-refractivity contribution in [2.75, 3.05) is 5.32 Å². The van der Waals surface area contributed by atoms with Gasteiger partial charge in [0.05, 0.1) is 0 Å². The van der Waals surface area contributed by atoms with Crippen LogP contribution in [0.2, 0.25) is 0 Å². The summed E-state index contributed by atoms with van der Waals surface area (Å²) in [6.07, 6.45) is 0. The average molecular weight is 267 g/mol. The van der Waals surface area contributed by atoms with Crippen LogP contribution in [0.1, 0.15) is 46.8 Å². The molecule has 1 N–H and O–H groups in total. The Labute approximate surface area is 120 Å². The fourth-order valence-electron chi connectivity index (χ4n) is 2.15. The molecule has 0 atom stereocenters. The molecule has 0 radical (unpaired) electrons. The highest BCUT2D eigenvalue weighted by Crippen LogP contribution is 2.20. The quantitative estimate of drug-likeness (QED) is 0.859. The lowest BCUT2D eigenvalue weighted by Crippen LogP contribution is -2.13. The summed E-state index contributed by atoms with van der Waals surface area (Å²) in [4.78, 5) is 12.4. The largest absolute Gasteiger partial charge is 0.322 e. The first kappa shape index (κ1) is 14.3. The number of anilines is 1. The first-order valence-corrected chi connectivity index (χ1v) is 6.96. The summed E-state index contributed by atoms with van der Waals surface area (Å²) in [6, 6.07) is 14.0. The molecular formula is C18H21NO. The van der Waals surface area contributed by atoms with Gasteiger partial charge in [-0.2, -0.15) is 0 Å². The molecule has 0 aromatic heterocycles. The van der Waals surface area contributed by atoms with Gasteiger partial charge in [-0.15, -0.1) is 0 Å². The number of rotatable bonds is 3. The van der Waals surface area contributed by atoms with Crippen LogP contribution in [0.15, 0.2) is 42.5 Å². The molecule has 2 aromatic rings. The van der Waals surface area contributed by atoms with Crippen molar-refractivity contribution in [2.24, 2.45) is 0 Å². The fraction of sp³-hybridized carbons (Fsp3) is 0.278. The van der Waals surface area contributed by atoms with Crippen molar-refractivity contribution in [3.63, 3.8) is 0 Å². The Morgan fingerprint density at radius 2 is 1.80 bits per heavy atom. The van der Waals surface area contributed by atoms with Crippen LogP contribution >= 0.6 is 0 Å². The van der Waals surface area contributed by atoms with Gasteiger partial charge in [-0.25, -0.2) is 0 Å². The minimum absolute atomic E-state index is 0.0490. The van der Waals surface area contributed by atoms with Crippen LogP contribution in [-0.4, -0.2) is 5.91 Å². The van der Waals surface area contributed by atoms with Gasteiger partial charge in [0, 0.05) is 11.3 Å². The highest BCUT2D eigenvalue weighted by Gasteiger charge is 2.10. The van der Waals surface area contributed by atoms with Crippen LogP contribution in [0.5, 0.6) is 0 Å². The van der Waals surface area contributed by atoms with E-state index < -0.39 is 0 Å². The molecule has 0 aliphatic rings. The lowest BCUT2D eigenvalue weighted by atomic mass is 10.0. The second-order valence-electron chi connectivity index (χ2n) is 5.55. The third-order valence-corrected chi connectivity index (χ3v) is 3.45. The van der Waals surface area contributed by atoms with Gasteiger partial charge < -0.3 is 5.32 Å². The number of aryl methyl sites for hydroxylation is 2. The van der Waals surface area contributed by atoms with E-state index in [1.54, 1.807) is 0 Å². The summed E-state index contributed by atoms with van der Waals surface area (Å²) in [5.41, 5.74) is 4.90. The molecule has 2 aromatic carbocycles. The molecule has 0 fully saturated rings. The Balaban J connectivity index is 2.23. The van der Waals surface area contributed by atoms with E-state index in [0.29, 0.717) is 5.92 Å². The van der Waals surface area contributed by atoms with E-state index >= 15 is 0 Å². The molecule has 0 spiro atoms. The van der Waals surface area contributed by atoms with Crippen LogP contribution in [-0.2, 0) is 0 Å². The standard InChI is InChI=1S/C18H21NO/c1-12(2)15-6-5-7-16(11-15)19-18(20)17-10-13(3)8-9-14(17)4/h5-12H,1-4H3,(H,19,20). The summed E-state index contributed by atoms with van der Waals surface area (Å²) in [6.45, 7) is 8.24. The smallest absolute Gasteiger partial charge is 0.255 e. The van der Waals surface area contributed by atoms with Gasteiger partial charge in [0.2, 0.25) is 0 Å². The Morgan fingerprint density at radius 3 is 2.50 bits per heavy atom. The molecule has 2 rings (SSSR count). The normalized spacial score (nSPS) is 10.7. The molecule has 20 heavy (non-hydrogen) atoms. The van der Waals surface area contributed by atoms with Gasteiger partial charge in [-0.1, -0.05) is 43.7 Å². The maximum Gasteiger partial charge on any atom is 0.255 e. The third kappa shape index (κ3) is 3.27. The summed E-state index contributed by atoms with van der Waals surface area (Å²) >= 11 is 0. The van der Waals surface area contributed by atoms with Gasteiger partial charge in [0.1, 0.15) is 0 Å². The van der Waals surface area contributed by atoms with Crippen LogP contribution in [0.25, 0.3) is 0 Å². The zero-order valence-corrected chi connectivity index (χ0v) is 12.5. The molecule has 1 amide bonds. The number of carbonyl (C=O) groups excluding carboxylic acids is 1. The Bertz CT molecular complexity index is 629. The number of hydrogen-bond acceptors (Lipinski definition) is 1. The van der Waals surface area contributed by atoms with Crippen molar-refractivity contribution in [2.45, 2.75) is 33.6 Å². The third-order valence-electron chi connectivity index (χ3n) is 3.45. The molecule has 0 aliphatic heterocycles. The second-order valence-corrected chi connectivity index (χ2v) is 5.55. The van der Waals surface area contributed by atoms with E-state index in [4.69, 9.17) is 0 Å². The first-order chi connectivity index (χ1) is 9.47. The van der Waals surface area contributed by atoms with Crippen LogP contribution in [0.4, 0.5) is 5.69 Å². The monoisotopic (exact) mass is 267 g/mol. The van der Waals surface area contributed by atoms with E-state index in [1.807, 2.05) is 50.2 Å². The molecule has 2 heteroatoms. The number of amides is 1. The van der Waals surface area contributed by atoms with Crippen molar-refractivity contribution >= 4 is 11.6 Å². The van der Waals surface area contributed by atoms with Gasteiger partial charge in [0.15, 0.2) is 0 Å². The maximum absolute atomic E-state index is 12.4.